The monoisotopic (exact) mass is 668 g/mol. The number of aliphatic imine (C=N–C) groups is 1. The molecular weight excluding hydrogens is 658 g/mol. The van der Waals surface area contributed by atoms with Crippen LogP contribution in [0.4, 0.5) is 52.7 Å². The summed E-state index contributed by atoms with van der Waals surface area (Å²) in [7, 11) is 0. The van der Waals surface area contributed by atoms with Crippen LogP contribution < -0.4 is 0 Å². The fourth-order valence-electron chi connectivity index (χ4n) is 2.02. The zero-order valence-corrected chi connectivity index (χ0v) is 17.7. The molecule has 1 aromatic rings. The van der Waals surface area contributed by atoms with Crippen molar-refractivity contribution < 1.29 is 82.7 Å². The van der Waals surface area contributed by atoms with Crippen molar-refractivity contribution in [2.24, 2.45) is 4.99 Å². The first kappa shape index (κ1) is 29.9. The summed E-state index contributed by atoms with van der Waals surface area (Å²) in [5.41, 5.74) is -5.59. The van der Waals surface area contributed by atoms with Crippen LogP contribution in [0.15, 0.2) is 16.8 Å². The zero-order valence-electron chi connectivity index (χ0n) is 15.3. The van der Waals surface area contributed by atoms with Gasteiger partial charge in [0.15, 0.2) is 0 Å². The molecule has 0 unspecified atom stereocenters. The molecule has 1 radical (unpaired) electrons. The molecule has 0 bridgehead atoms. The Balaban J connectivity index is 0.00000104. The number of nitrogens with zero attached hydrogens (tertiary/aromatic N) is 1. The maximum absolute atomic E-state index is 13.5. The van der Waals surface area contributed by atoms with E-state index in [1.807, 2.05) is 0 Å². The molecular formula is C16H9F12IrNO2. The Morgan fingerprint density at radius 3 is 1.72 bits per heavy atom. The van der Waals surface area contributed by atoms with E-state index in [1.54, 1.807) is 0 Å². The van der Waals surface area contributed by atoms with Crippen molar-refractivity contribution in [1.82, 2.24) is 0 Å². The molecule has 1 aliphatic heterocycles. The Morgan fingerprint density at radius 2 is 1.34 bits per heavy atom. The van der Waals surface area contributed by atoms with Crippen molar-refractivity contribution in [3.8, 4) is 0 Å². The number of alkyl halides is 8. The van der Waals surface area contributed by atoms with Gasteiger partial charge in [-0.05, 0) is 6.92 Å². The van der Waals surface area contributed by atoms with Gasteiger partial charge in [-0.2, -0.15) is 26.3 Å². The molecule has 0 amide bonds. The predicted molar refractivity (Wildman–Crippen MR) is 80.4 cm³/mol. The number of rotatable bonds is 2. The van der Waals surface area contributed by atoms with E-state index < -0.39 is 58.4 Å². The minimum absolute atomic E-state index is 0. The molecule has 0 spiro atoms. The second kappa shape index (κ2) is 9.41. The van der Waals surface area contributed by atoms with Crippen molar-refractivity contribution in [2.45, 2.75) is 37.7 Å². The molecule has 1 heterocycles. The molecule has 16 heteroatoms. The van der Waals surface area contributed by atoms with Crippen LogP contribution in [0.25, 0.3) is 0 Å². The van der Waals surface area contributed by atoms with E-state index >= 15 is 0 Å². The standard InChI is InChI=1S/C11F12N.C5H8O2.Ir/c12-3-1-2(4(13)6(15)5(3)14)7-8(16,17)9(18,19)10(20,21)11(22,23)24-7;1-4(6)3-5(2)7;/h;3,6H,1-2H3;/q-1;;/p+1/b;4-3-;. The smallest absolute Gasteiger partial charge is 0.403 e. The molecule has 0 aliphatic carbocycles. The Labute approximate surface area is 184 Å². The van der Waals surface area contributed by atoms with Crippen molar-refractivity contribution in [1.29, 1.82) is 0 Å². The number of aliphatic hydroxyl groups is 1. The van der Waals surface area contributed by atoms with E-state index in [-0.39, 0.29) is 31.6 Å². The van der Waals surface area contributed by atoms with E-state index in [0.29, 0.717) is 6.07 Å². The number of hydrogen-bond acceptors (Lipinski definition) is 2. The van der Waals surface area contributed by atoms with Crippen LogP contribution in [-0.4, -0.2) is 45.2 Å². The van der Waals surface area contributed by atoms with Crippen LogP contribution in [0.3, 0.4) is 0 Å². The average molecular weight is 667 g/mol. The van der Waals surface area contributed by atoms with Gasteiger partial charge in [0.2, 0.25) is 0 Å². The van der Waals surface area contributed by atoms with E-state index in [4.69, 9.17) is 9.90 Å². The van der Waals surface area contributed by atoms with Gasteiger partial charge in [-0.25, -0.2) is 17.6 Å². The van der Waals surface area contributed by atoms with Crippen LogP contribution in [0, 0.1) is 29.3 Å². The third kappa shape index (κ3) is 4.95. The van der Waals surface area contributed by atoms with Gasteiger partial charge in [0.05, 0.1) is 30.4 Å². The maximum atomic E-state index is 13.5. The summed E-state index contributed by atoms with van der Waals surface area (Å²) in [5.74, 6) is -30.4. The summed E-state index contributed by atoms with van der Waals surface area (Å²) in [6.07, 6.45) is 1.28. The molecule has 0 saturated heterocycles. The zero-order chi connectivity index (χ0) is 24.7. The molecule has 183 valence electrons. The first-order chi connectivity index (χ1) is 13.7. The molecule has 3 nitrogen and oxygen atoms in total. The number of ketones is 1. The SMILES string of the molecule is CC(=[OH+])/C=C(/C)O.Fc1[c-]c(C2=NC(F)(F)C(F)(F)C(F)(F)C2(F)F)c(F)c(F)c1F.[Ir]. The quantitative estimate of drug-likeness (QED) is 0.0664. The first-order valence-corrected chi connectivity index (χ1v) is 7.49. The Morgan fingerprint density at radius 1 is 0.875 bits per heavy atom. The molecule has 1 aromatic carbocycles. The number of aliphatic hydroxyl groups excluding tert-OH is 1. The minimum atomic E-state index is -6.82. The van der Waals surface area contributed by atoms with Gasteiger partial charge in [0.25, 0.3) is 0 Å². The normalized spacial score (nSPS) is 20.3. The second-order valence-corrected chi connectivity index (χ2v) is 5.91. The first-order valence-electron chi connectivity index (χ1n) is 7.49. The second-order valence-electron chi connectivity index (χ2n) is 5.91. The van der Waals surface area contributed by atoms with Gasteiger partial charge < -0.3 is 5.11 Å². The van der Waals surface area contributed by atoms with Crippen LogP contribution in [-0.2, 0) is 20.1 Å². The Bertz CT molecular complexity index is 955. The molecule has 0 aromatic heterocycles. The third-order valence-corrected chi connectivity index (χ3v) is 3.40. The van der Waals surface area contributed by atoms with E-state index in [1.165, 1.54) is 24.9 Å². The van der Waals surface area contributed by atoms with Crippen molar-refractivity contribution >= 4 is 11.5 Å². The minimum Gasteiger partial charge on any atom is -0.512 e. The number of allylic oxidation sites excluding steroid dienone is 2. The van der Waals surface area contributed by atoms with Crippen LogP contribution in [0.5, 0.6) is 0 Å². The summed E-state index contributed by atoms with van der Waals surface area (Å²) in [6, 6.07) is -5.55. The molecule has 0 saturated carbocycles. The molecule has 1 aliphatic rings. The van der Waals surface area contributed by atoms with Gasteiger partial charge in [0, 0.05) is 25.8 Å². The number of hydrogen-bond donors (Lipinski definition) is 1. The fraction of sp³-hybridized carbons (Fsp3) is 0.375. The largest absolute Gasteiger partial charge is 0.512 e. The van der Waals surface area contributed by atoms with E-state index in [9.17, 15) is 52.7 Å². The Kier molecular flexibility index (Phi) is 8.80. The Hall–Kier alpha value is -2.09. The summed E-state index contributed by atoms with van der Waals surface area (Å²) in [4.78, 5) is 9.74. The average Bonchev–Trinajstić information content (AvgIpc) is 2.59. The predicted octanol–water partition coefficient (Wildman–Crippen LogP) is 5.36. The van der Waals surface area contributed by atoms with Crippen molar-refractivity contribution in [2.75, 3.05) is 0 Å². The van der Waals surface area contributed by atoms with E-state index in [2.05, 4.69) is 0 Å². The van der Waals surface area contributed by atoms with Crippen LogP contribution in [0.2, 0.25) is 0 Å². The molecule has 2 rings (SSSR count). The van der Waals surface area contributed by atoms with E-state index in [0.717, 1.165) is 0 Å². The van der Waals surface area contributed by atoms with Gasteiger partial charge in [-0.3, -0.25) is 18.6 Å². The number of carbonyl (C=O) groups excluding carboxylic acids is 1. The van der Waals surface area contributed by atoms with Gasteiger partial charge in [-0.15, -0.1) is 0 Å². The van der Waals surface area contributed by atoms with Gasteiger partial charge in [0.1, 0.15) is 11.6 Å². The number of halogens is 12. The maximum Gasteiger partial charge on any atom is 0.403 e. The molecule has 0 fully saturated rings. The summed E-state index contributed by atoms with van der Waals surface area (Å²) < 4.78 is 157. The summed E-state index contributed by atoms with van der Waals surface area (Å²) >= 11 is 0. The van der Waals surface area contributed by atoms with Crippen molar-refractivity contribution in [3.05, 3.63) is 46.7 Å². The molecule has 32 heavy (non-hydrogen) atoms. The van der Waals surface area contributed by atoms with Crippen LogP contribution >= 0.6 is 0 Å². The summed E-state index contributed by atoms with van der Waals surface area (Å²) in [6.45, 7) is 3.00. The van der Waals surface area contributed by atoms with Gasteiger partial charge >= 0.3 is 29.6 Å². The van der Waals surface area contributed by atoms with Crippen molar-refractivity contribution in [3.63, 3.8) is 0 Å². The molecule has 2 N–H and O–H groups in total. The molecule has 0 atom stereocenters. The fourth-order valence-corrected chi connectivity index (χ4v) is 2.02. The third-order valence-electron chi connectivity index (χ3n) is 3.40. The van der Waals surface area contributed by atoms with Crippen LogP contribution in [0.1, 0.15) is 19.4 Å². The number of benzene rings is 1. The van der Waals surface area contributed by atoms with Gasteiger partial charge in [-0.1, -0.05) is 11.6 Å². The topological polar surface area (TPSA) is 54.0 Å². The summed E-state index contributed by atoms with van der Waals surface area (Å²) in [5, 5.41) is 8.40.